The first-order valence-electron chi connectivity index (χ1n) is 9.58. The second-order valence-corrected chi connectivity index (χ2v) is 8.45. The lowest BCUT2D eigenvalue weighted by Crippen LogP contribution is -2.37. The molecule has 158 valence electrons. The van der Waals surface area contributed by atoms with Gasteiger partial charge in [0.05, 0.1) is 11.1 Å². The van der Waals surface area contributed by atoms with Crippen molar-refractivity contribution in [3.8, 4) is 11.5 Å². The van der Waals surface area contributed by atoms with E-state index in [4.69, 9.17) is 21.1 Å². The Kier molecular flexibility index (Phi) is 9.27. The number of carbonyl (C=O) groups is 1. The highest BCUT2D eigenvalue weighted by Gasteiger charge is 2.19. The van der Waals surface area contributed by atoms with Crippen LogP contribution in [0.2, 0.25) is 5.02 Å². The van der Waals surface area contributed by atoms with E-state index in [1.54, 1.807) is 0 Å². The maximum Gasteiger partial charge on any atom is 0.320 e. The number of hydrogen-bond acceptors (Lipinski definition) is 4. The molecule has 0 spiro atoms. The molecule has 1 unspecified atom stereocenters. The minimum absolute atomic E-state index is 0.289. The van der Waals surface area contributed by atoms with Gasteiger partial charge in [0.1, 0.15) is 12.6 Å². The number of aliphatic carboxylic acids is 1. The van der Waals surface area contributed by atoms with Gasteiger partial charge in [0, 0.05) is 11.6 Å². The van der Waals surface area contributed by atoms with Gasteiger partial charge in [0.25, 0.3) is 0 Å². The van der Waals surface area contributed by atoms with E-state index >= 15 is 0 Å². The fraction of sp³-hybridized carbons (Fsp3) is 0.409. The fourth-order valence-corrected chi connectivity index (χ4v) is 3.71. The minimum atomic E-state index is -0.843. The van der Waals surface area contributed by atoms with Crippen molar-refractivity contribution in [1.82, 2.24) is 5.32 Å². The van der Waals surface area contributed by atoms with Crippen LogP contribution in [-0.4, -0.2) is 23.7 Å². The Morgan fingerprint density at radius 1 is 1.21 bits per heavy atom. The predicted octanol–water partition coefficient (Wildman–Crippen LogP) is 5.67. The highest BCUT2D eigenvalue weighted by molar-refractivity contribution is 9.10. The standard InChI is InChI=1S/C22H27BrClNO4/c1-4-28-20-11-16(12-25-19(22(26)27)8-14(2)3)10-18(23)21(20)29-13-15-6-5-7-17(24)9-15/h5-7,9-11,14,19,25H,4,8,12-13H2,1-3H3,(H,26,27). The molecule has 2 aromatic rings. The van der Waals surface area contributed by atoms with Crippen molar-refractivity contribution in [3.05, 3.63) is 57.0 Å². The average molecular weight is 485 g/mol. The molecular formula is C22H27BrClNO4. The summed E-state index contributed by atoms with van der Waals surface area (Å²) in [5.74, 6) is 0.657. The number of carboxylic acids is 1. The molecule has 0 heterocycles. The van der Waals surface area contributed by atoms with Crippen molar-refractivity contribution in [1.29, 1.82) is 0 Å². The van der Waals surface area contributed by atoms with Gasteiger partial charge in [-0.2, -0.15) is 0 Å². The number of hydrogen-bond donors (Lipinski definition) is 2. The Bertz CT molecular complexity index is 828. The van der Waals surface area contributed by atoms with E-state index in [2.05, 4.69) is 21.2 Å². The summed E-state index contributed by atoms with van der Waals surface area (Å²) in [6.45, 7) is 7.18. The average Bonchev–Trinajstić information content (AvgIpc) is 2.64. The molecule has 0 aliphatic carbocycles. The molecule has 1 atom stereocenters. The van der Waals surface area contributed by atoms with Crippen molar-refractivity contribution in [2.24, 2.45) is 5.92 Å². The van der Waals surface area contributed by atoms with E-state index in [0.717, 1.165) is 15.6 Å². The van der Waals surface area contributed by atoms with E-state index in [-0.39, 0.29) is 5.92 Å². The molecule has 0 saturated carbocycles. The SMILES string of the molecule is CCOc1cc(CNC(CC(C)C)C(=O)O)cc(Br)c1OCc1cccc(Cl)c1. The van der Waals surface area contributed by atoms with Crippen molar-refractivity contribution in [2.45, 2.75) is 46.4 Å². The van der Waals surface area contributed by atoms with Crippen molar-refractivity contribution in [2.75, 3.05) is 6.61 Å². The summed E-state index contributed by atoms with van der Waals surface area (Å²) in [6, 6.07) is 10.7. The molecular weight excluding hydrogens is 458 g/mol. The zero-order valence-corrected chi connectivity index (χ0v) is 19.2. The third kappa shape index (κ3) is 7.53. The van der Waals surface area contributed by atoms with E-state index in [1.807, 2.05) is 57.2 Å². The van der Waals surface area contributed by atoms with Crippen LogP contribution in [-0.2, 0) is 17.9 Å². The van der Waals surface area contributed by atoms with Crippen LogP contribution in [0.5, 0.6) is 11.5 Å². The molecule has 29 heavy (non-hydrogen) atoms. The largest absolute Gasteiger partial charge is 0.490 e. The number of benzene rings is 2. The number of halogens is 2. The van der Waals surface area contributed by atoms with Crippen LogP contribution in [0.25, 0.3) is 0 Å². The Morgan fingerprint density at radius 2 is 1.97 bits per heavy atom. The first-order valence-corrected chi connectivity index (χ1v) is 10.8. The smallest absolute Gasteiger partial charge is 0.320 e. The van der Waals surface area contributed by atoms with Gasteiger partial charge in [-0.05, 0) is 70.6 Å². The highest BCUT2D eigenvalue weighted by Crippen LogP contribution is 2.37. The molecule has 0 aliphatic rings. The fourth-order valence-electron chi connectivity index (χ4n) is 2.89. The quantitative estimate of drug-likeness (QED) is 0.430. The molecule has 0 radical (unpaired) electrons. The van der Waals surface area contributed by atoms with Gasteiger partial charge < -0.3 is 19.9 Å². The van der Waals surface area contributed by atoms with E-state index < -0.39 is 12.0 Å². The lowest BCUT2D eigenvalue weighted by molar-refractivity contribution is -0.140. The molecule has 2 N–H and O–H groups in total. The zero-order valence-electron chi connectivity index (χ0n) is 16.9. The van der Waals surface area contributed by atoms with Gasteiger partial charge in [-0.3, -0.25) is 4.79 Å². The zero-order chi connectivity index (χ0) is 21.4. The number of rotatable bonds is 11. The van der Waals surface area contributed by atoms with E-state index in [0.29, 0.717) is 42.7 Å². The molecule has 0 fully saturated rings. The summed E-state index contributed by atoms with van der Waals surface area (Å²) in [5, 5.41) is 13.2. The third-order valence-corrected chi connectivity index (χ3v) is 5.02. The van der Waals surface area contributed by atoms with Crippen LogP contribution in [0.15, 0.2) is 40.9 Å². The Labute approximate surface area is 185 Å². The summed E-state index contributed by atoms with van der Waals surface area (Å²) >= 11 is 9.59. The van der Waals surface area contributed by atoms with E-state index in [1.165, 1.54) is 0 Å². The van der Waals surface area contributed by atoms with Gasteiger partial charge in [-0.25, -0.2) is 0 Å². The van der Waals surface area contributed by atoms with Gasteiger partial charge in [0.2, 0.25) is 0 Å². The second kappa shape index (κ2) is 11.4. The van der Waals surface area contributed by atoms with Crippen LogP contribution < -0.4 is 14.8 Å². The maximum absolute atomic E-state index is 11.5. The summed E-state index contributed by atoms with van der Waals surface area (Å²) < 4.78 is 12.5. The van der Waals surface area contributed by atoms with Crippen molar-refractivity contribution >= 4 is 33.5 Å². The summed E-state index contributed by atoms with van der Waals surface area (Å²) in [5.41, 5.74) is 1.86. The molecule has 5 nitrogen and oxygen atoms in total. The number of ether oxygens (including phenoxy) is 2. The Balaban J connectivity index is 2.14. The van der Waals surface area contributed by atoms with Gasteiger partial charge in [0.15, 0.2) is 11.5 Å². The molecule has 0 amide bonds. The molecule has 7 heteroatoms. The second-order valence-electron chi connectivity index (χ2n) is 7.16. The lowest BCUT2D eigenvalue weighted by atomic mass is 10.0. The summed E-state index contributed by atoms with van der Waals surface area (Å²) in [6.07, 6.45) is 0.565. The minimum Gasteiger partial charge on any atom is -0.490 e. The van der Waals surface area contributed by atoms with E-state index in [9.17, 15) is 9.90 Å². The Morgan fingerprint density at radius 3 is 2.59 bits per heavy atom. The van der Waals surface area contributed by atoms with Gasteiger partial charge >= 0.3 is 5.97 Å². The molecule has 0 saturated heterocycles. The molecule has 0 bridgehead atoms. The number of nitrogens with one attached hydrogen (secondary N) is 1. The molecule has 0 aromatic heterocycles. The van der Waals surface area contributed by atoms with Crippen LogP contribution in [0.3, 0.4) is 0 Å². The van der Waals surface area contributed by atoms with Gasteiger partial charge in [-0.1, -0.05) is 37.6 Å². The van der Waals surface area contributed by atoms with Gasteiger partial charge in [-0.15, -0.1) is 0 Å². The van der Waals surface area contributed by atoms with Crippen LogP contribution in [0.1, 0.15) is 38.3 Å². The molecule has 0 aliphatic heterocycles. The molecule has 2 aromatic carbocycles. The molecule has 2 rings (SSSR count). The van der Waals surface area contributed by atoms with Crippen LogP contribution >= 0.6 is 27.5 Å². The maximum atomic E-state index is 11.5. The number of carboxylic acid groups (broad SMARTS) is 1. The summed E-state index contributed by atoms with van der Waals surface area (Å²) in [7, 11) is 0. The lowest BCUT2D eigenvalue weighted by Gasteiger charge is -2.18. The summed E-state index contributed by atoms with van der Waals surface area (Å²) in [4.78, 5) is 11.5. The van der Waals surface area contributed by atoms with Crippen molar-refractivity contribution in [3.63, 3.8) is 0 Å². The Hall–Kier alpha value is -1.76. The first-order chi connectivity index (χ1) is 13.8. The normalized spacial score (nSPS) is 12.1. The van der Waals surface area contributed by atoms with Crippen molar-refractivity contribution < 1.29 is 19.4 Å². The monoisotopic (exact) mass is 483 g/mol. The predicted molar refractivity (Wildman–Crippen MR) is 119 cm³/mol. The third-order valence-electron chi connectivity index (χ3n) is 4.20. The van der Waals surface area contributed by atoms with Crippen LogP contribution in [0.4, 0.5) is 0 Å². The highest BCUT2D eigenvalue weighted by atomic mass is 79.9. The van der Waals surface area contributed by atoms with Crippen LogP contribution in [0, 0.1) is 5.92 Å². The topological polar surface area (TPSA) is 67.8 Å². The first kappa shape index (κ1) is 23.5.